The van der Waals surface area contributed by atoms with Crippen LogP contribution >= 0.6 is 0 Å². The third kappa shape index (κ3) is 3.46. The molecule has 2 heterocycles. The number of pyridine rings is 1. The van der Waals surface area contributed by atoms with E-state index in [0.717, 1.165) is 36.9 Å². The third-order valence-corrected chi connectivity index (χ3v) is 3.48. The molecule has 1 saturated carbocycles. The predicted molar refractivity (Wildman–Crippen MR) is 78.0 cm³/mol. The first-order chi connectivity index (χ1) is 10.3. The average molecular weight is 286 g/mol. The molecule has 1 aliphatic carbocycles. The Bertz CT molecular complexity index is 634. The number of nitrogens with two attached hydrogens (primary N) is 1. The largest absolute Gasteiger partial charge is 0.351 e. The van der Waals surface area contributed by atoms with Gasteiger partial charge in [0.25, 0.3) is 5.91 Å². The summed E-state index contributed by atoms with van der Waals surface area (Å²) in [5.74, 6) is 0.885. The van der Waals surface area contributed by atoms with Gasteiger partial charge in [0.15, 0.2) is 0 Å². The maximum absolute atomic E-state index is 12.1. The second kappa shape index (κ2) is 6.05. The molecule has 0 radical (unpaired) electrons. The van der Waals surface area contributed by atoms with Gasteiger partial charge in [-0.15, -0.1) is 0 Å². The minimum Gasteiger partial charge on any atom is -0.351 e. The molecule has 2 aromatic heterocycles. The van der Waals surface area contributed by atoms with E-state index in [1.165, 1.54) is 0 Å². The normalized spacial score (nSPS) is 14.1. The van der Waals surface area contributed by atoms with E-state index in [0.29, 0.717) is 18.3 Å². The highest BCUT2D eigenvalue weighted by atomic mass is 16.5. The number of rotatable bonds is 6. The van der Waals surface area contributed by atoms with Gasteiger partial charge in [-0.2, -0.15) is 0 Å². The monoisotopic (exact) mass is 286 g/mol. The molecule has 0 aliphatic heterocycles. The quantitative estimate of drug-likeness (QED) is 0.848. The number of hydrogen-bond donors (Lipinski definition) is 2. The van der Waals surface area contributed by atoms with Crippen LogP contribution in [0.1, 0.15) is 47.0 Å². The Balaban J connectivity index is 1.65. The van der Waals surface area contributed by atoms with E-state index in [1.54, 1.807) is 12.3 Å². The van der Waals surface area contributed by atoms with Gasteiger partial charge in [0.2, 0.25) is 5.76 Å². The van der Waals surface area contributed by atoms with Crippen LogP contribution in [-0.4, -0.2) is 22.6 Å². The number of hydrogen-bond acceptors (Lipinski definition) is 5. The highest BCUT2D eigenvalue weighted by Crippen LogP contribution is 2.39. The van der Waals surface area contributed by atoms with Crippen molar-refractivity contribution in [3.63, 3.8) is 0 Å². The number of nitrogens with zero attached hydrogens (tertiary/aromatic N) is 2. The number of carbonyl (C=O) groups is 1. The number of aromatic nitrogens is 2. The fourth-order valence-corrected chi connectivity index (χ4v) is 2.15. The lowest BCUT2D eigenvalue weighted by atomic mass is 10.1. The first kappa shape index (κ1) is 13.8. The number of aryl methyl sites for hydroxylation is 1. The molecule has 2 aromatic rings. The minimum absolute atomic E-state index is 0.228. The second-order valence-electron chi connectivity index (χ2n) is 5.29. The van der Waals surface area contributed by atoms with Crippen molar-refractivity contribution in [2.45, 2.75) is 31.6 Å². The smallest absolute Gasteiger partial charge is 0.295 e. The molecular weight excluding hydrogens is 268 g/mol. The van der Waals surface area contributed by atoms with E-state index >= 15 is 0 Å². The summed E-state index contributed by atoms with van der Waals surface area (Å²) < 4.78 is 5.09. The average Bonchev–Trinajstić information content (AvgIpc) is 3.22. The molecule has 21 heavy (non-hydrogen) atoms. The summed E-state index contributed by atoms with van der Waals surface area (Å²) in [5, 5.41) is 6.66. The SMILES string of the molecule is NCCCc1ccnc(NC(=O)c2cc(C3CC3)no2)c1. The molecule has 6 heteroatoms. The van der Waals surface area contributed by atoms with Crippen molar-refractivity contribution in [1.82, 2.24) is 10.1 Å². The Morgan fingerprint density at radius 3 is 3.05 bits per heavy atom. The molecule has 0 saturated heterocycles. The molecule has 0 spiro atoms. The lowest BCUT2D eigenvalue weighted by Crippen LogP contribution is -2.12. The Labute approximate surface area is 122 Å². The van der Waals surface area contributed by atoms with Gasteiger partial charge >= 0.3 is 0 Å². The zero-order valence-electron chi connectivity index (χ0n) is 11.7. The van der Waals surface area contributed by atoms with Crippen LogP contribution in [0.5, 0.6) is 0 Å². The molecule has 3 rings (SSSR count). The number of anilines is 1. The van der Waals surface area contributed by atoms with Crippen molar-refractivity contribution >= 4 is 11.7 Å². The van der Waals surface area contributed by atoms with Crippen LogP contribution < -0.4 is 11.1 Å². The molecular formula is C15H18N4O2. The van der Waals surface area contributed by atoms with Crippen molar-refractivity contribution in [2.24, 2.45) is 5.73 Å². The van der Waals surface area contributed by atoms with Crippen LogP contribution in [0.2, 0.25) is 0 Å². The Kier molecular flexibility index (Phi) is 3.96. The summed E-state index contributed by atoms with van der Waals surface area (Å²) in [6.45, 7) is 0.645. The molecule has 1 fully saturated rings. The van der Waals surface area contributed by atoms with Gasteiger partial charge < -0.3 is 15.6 Å². The van der Waals surface area contributed by atoms with E-state index in [1.807, 2.05) is 12.1 Å². The van der Waals surface area contributed by atoms with E-state index in [-0.39, 0.29) is 11.7 Å². The van der Waals surface area contributed by atoms with Crippen molar-refractivity contribution in [2.75, 3.05) is 11.9 Å². The molecule has 6 nitrogen and oxygen atoms in total. The summed E-state index contributed by atoms with van der Waals surface area (Å²) in [6, 6.07) is 5.49. The molecule has 0 unspecified atom stereocenters. The zero-order valence-corrected chi connectivity index (χ0v) is 11.7. The van der Waals surface area contributed by atoms with Crippen LogP contribution in [0.25, 0.3) is 0 Å². The molecule has 0 atom stereocenters. The van der Waals surface area contributed by atoms with Crippen LogP contribution in [0, 0.1) is 0 Å². The van der Waals surface area contributed by atoms with Gasteiger partial charge in [-0.3, -0.25) is 4.79 Å². The van der Waals surface area contributed by atoms with Crippen LogP contribution in [0.15, 0.2) is 28.9 Å². The first-order valence-corrected chi connectivity index (χ1v) is 7.19. The molecule has 1 amide bonds. The molecule has 3 N–H and O–H groups in total. The van der Waals surface area contributed by atoms with Crippen molar-refractivity contribution in [3.05, 3.63) is 41.4 Å². The number of carbonyl (C=O) groups excluding carboxylic acids is 1. The fraction of sp³-hybridized carbons (Fsp3) is 0.400. The summed E-state index contributed by atoms with van der Waals surface area (Å²) in [7, 11) is 0. The second-order valence-corrected chi connectivity index (χ2v) is 5.29. The Hall–Kier alpha value is -2.21. The summed E-state index contributed by atoms with van der Waals surface area (Å²) >= 11 is 0. The summed E-state index contributed by atoms with van der Waals surface area (Å²) in [5.41, 5.74) is 7.46. The standard InChI is InChI=1S/C15H18N4O2/c16-6-1-2-10-5-7-17-14(8-10)18-15(20)13-9-12(19-21-13)11-3-4-11/h5,7-9,11H,1-4,6,16H2,(H,17,18,20). The van der Waals surface area contributed by atoms with Crippen LogP contribution in [-0.2, 0) is 6.42 Å². The summed E-state index contributed by atoms with van der Waals surface area (Å²) in [4.78, 5) is 16.2. The van der Waals surface area contributed by atoms with E-state index in [2.05, 4.69) is 15.5 Å². The Morgan fingerprint density at radius 2 is 2.29 bits per heavy atom. The topological polar surface area (TPSA) is 94.0 Å². The molecule has 0 aromatic carbocycles. The van der Waals surface area contributed by atoms with Crippen LogP contribution in [0.4, 0.5) is 5.82 Å². The van der Waals surface area contributed by atoms with E-state index < -0.39 is 0 Å². The van der Waals surface area contributed by atoms with Gasteiger partial charge in [-0.05, 0) is 49.9 Å². The first-order valence-electron chi connectivity index (χ1n) is 7.19. The van der Waals surface area contributed by atoms with E-state index in [9.17, 15) is 4.79 Å². The molecule has 0 bridgehead atoms. The molecule has 110 valence electrons. The van der Waals surface area contributed by atoms with Gasteiger partial charge in [0, 0.05) is 18.2 Å². The van der Waals surface area contributed by atoms with Gasteiger partial charge in [-0.25, -0.2) is 4.98 Å². The fourth-order valence-electron chi connectivity index (χ4n) is 2.15. The van der Waals surface area contributed by atoms with Gasteiger partial charge in [-0.1, -0.05) is 5.16 Å². The van der Waals surface area contributed by atoms with Crippen molar-refractivity contribution in [3.8, 4) is 0 Å². The maximum atomic E-state index is 12.1. The van der Waals surface area contributed by atoms with E-state index in [4.69, 9.17) is 10.3 Å². The van der Waals surface area contributed by atoms with Crippen LogP contribution in [0.3, 0.4) is 0 Å². The Morgan fingerprint density at radius 1 is 1.43 bits per heavy atom. The zero-order chi connectivity index (χ0) is 14.7. The van der Waals surface area contributed by atoms with Gasteiger partial charge in [0.1, 0.15) is 5.82 Å². The highest BCUT2D eigenvalue weighted by molar-refractivity contribution is 6.01. The van der Waals surface area contributed by atoms with Crippen molar-refractivity contribution < 1.29 is 9.32 Å². The molecule has 1 aliphatic rings. The predicted octanol–water partition coefficient (Wildman–Crippen LogP) is 2.09. The third-order valence-electron chi connectivity index (χ3n) is 3.48. The lowest BCUT2D eigenvalue weighted by molar-refractivity contribution is 0.0987. The van der Waals surface area contributed by atoms with Gasteiger partial charge in [0.05, 0.1) is 5.69 Å². The highest BCUT2D eigenvalue weighted by Gasteiger charge is 2.28. The minimum atomic E-state index is -0.321. The summed E-state index contributed by atoms with van der Waals surface area (Å²) in [6.07, 6.45) is 5.70. The number of amides is 1. The lowest BCUT2D eigenvalue weighted by Gasteiger charge is -2.04. The van der Waals surface area contributed by atoms with Crippen molar-refractivity contribution in [1.29, 1.82) is 0 Å². The number of nitrogens with one attached hydrogen (secondary N) is 1. The maximum Gasteiger partial charge on any atom is 0.295 e.